The van der Waals surface area contributed by atoms with E-state index in [1.165, 1.54) is 10.5 Å². The minimum atomic E-state index is -0.324. The number of amides is 1. The van der Waals surface area contributed by atoms with Gasteiger partial charge in [0, 0.05) is 32.4 Å². The molecule has 0 aliphatic carbocycles. The highest BCUT2D eigenvalue weighted by atomic mass is 16.5. The van der Waals surface area contributed by atoms with Crippen LogP contribution in [0.5, 0.6) is 0 Å². The lowest BCUT2D eigenvalue weighted by atomic mass is 9.96. The Labute approximate surface area is 215 Å². The number of aromatic nitrogens is 3. The van der Waals surface area contributed by atoms with Gasteiger partial charge < -0.3 is 18.9 Å². The molecule has 3 aromatic rings. The summed E-state index contributed by atoms with van der Waals surface area (Å²) in [7, 11) is 0. The van der Waals surface area contributed by atoms with Gasteiger partial charge in [-0.05, 0) is 64.7 Å². The molecular formula is C27H35N5O5. The number of nitrogens with one attached hydrogen (secondary N) is 1. The number of hydrogen-bond acceptors (Lipinski definition) is 7. The highest BCUT2D eigenvalue weighted by molar-refractivity contribution is 5.97. The minimum Gasteiger partial charge on any atom is -0.466 e. The Morgan fingerprint density at radius 1 is 1.22 bits per heavy atom. The molecule has 1 amide bonds. The van der Waals surface area contributed by atoms with Gasteiger partial charge in [-0.3, -0.25) is 24.2 Å². The zero-order valence-electron chi connectivity index (χ0n) is 22.0. The number of piperidine rings is 1. The van der Waals surface area contributed by atoms with Crippen molar-refractivity contribution in [3.8, 4) is 0 Å². The molecule has 0 atom stereocenters. The number of carbonyl (C=O) groups is 2. The van der Waals surface area contributed by atoms with Gasteiger partial charge in [-0.2, -0.15) is 0 Å². The second kappa shape index (κ2) is 11.2. The molecule has 1 saturated heterocycles. The van der Waals surface area contributed by atoms with Crippen LogP contribution < -0.4 is 11.0 Å². The molecule has 0 unspecified atom stereocenters. The summed E-state index contributed by atoms with van der Waals surface area (Å²) in [6.07, 6.45) is 3.35. The molecule has 0 aromatic carbocycles. The van der Waals surface area contributed by atoms with Crippen LogP contribution in [0.1, 0.15) is 56.0 Å². The van der Waals surface area contributed by atoms with Gasteiger partial charge in [0.25, 0.3) is 11.5 Å². The Morgan fingerprint density at radius 3 is 2.62 bits per heavy atom. The predicted octanol–water partition coefficient (Wildman–Crippen LogP) is 2.67. The van der Waals surface area contributed by atoms with Crippen LogP contribution in [-0.2, 0) is 20.8 Å². The molecule has 0 radical (unpaired) electrons. The van der Waals surface area contributed by atoms with Crippen LogP contribution in [0.4, 0.5) is 0 Å². The van der Waals surface area contributed by atoms with Gasteiger partial charge in [-0.15, -0.1) is 0 Å². The maximum Gasteiger partial charge on any atom is 0.309 e. The summed E-state index contributed by atoms with van der Waals surface area (Å²) in [6.45, 7) is 9.54. The molecule has 1 fully saturated rings. The summed E-state index contributed by atoms with van der Waals surface area (Å²) in [6, 6.07) is 5.17. The number of pyridine rings is 2. The summed E-state index contributed by atoms with van der Waals surface area (Å²) in [5.74, 6) is -0.787. The summed E-state index contributed by atoms with van der Waals surface area (Å²) >= 11 is 0. The molecule has 0 saturated carbocycles. The Balaban J connectivity index is 1.75. The van der Waals surface area contributed by atoms with Gasteiger partial charge >= 0.3 is 5.97 Å². The molecule has 0 bridgehead atoms. The fourth-order valence-electron chi connectivity index (χ4n) is 4.77. The summed E-state index contributed by atoms with van der Waals surface area (Å²) in [5.41, 5.74) is 1.62. The molecule has 10 heteroatoms. The number of rotatable bonds is 8. The van der Waals surface area contributed by atoms with Gasteiger partial charge in [0.1, 0.15) is 16.8 Å². The number of esters is 1. The van der Waals surface area contributed by atoms with Crippen molar-refractivity contribution < 1.29 is 19.1 Å². The van der Waals surface area contributed by atoms with E-state index in [-0.39, 0.29) is 45.9 Å². The first-order valence-electron chi connectivity index (χ1n) is 12.9. The maximum absolute atomic E-state index is 13.6. The van der Waals surface area contributed by atoms with Crippen molar-refractivity contribution in [2.45, 2.75) is 59.6 Å². The third kappa shape index (κ3) is 5.44. The molecule has 3 aromatic heterocycles. The highest BCUT2D eigenvalue weighted by Gasteiger charge is 2.30. The monoisotopic (exact) mass is 509 g/mol. The van der Waals surface area contributed by atoms with Crippen molar-refractivity contribution in [1.82, 2.24) is 18.9 Å². The summed E-state index contributed by atoms with van der Waals surface area (Å²) < 4.78 is 13.9. The molecular weight excluding hydrogens is 474 g/mol. The van der Waals surface area contributed by atoms with Crippen molar-refractivity contribution in [2.75, 3.05) is 26.3 Å². The van der Waals surface area contributed by atoms with Crippen LogP contribution in [0.2, 0.25) is 0 Å². The maximum atomic E-state index is 13.6. The van der Waals surface area contributed by atoms with E-state index < -0.39 is 0 Å². The van der Waals surface area contributed by atoms with Crippen molar-refractivity contribution in [1.29, 1.82) is 5.41 Å². The normalized spacial score (nSPS) is 14.6. The lowest BCUT2D eigenvalue weighted by Crippen LogP contribution is -2.43. The van der Waals surface area contributed by atoms with Gasteiger partial charge in [-0.1, -0.05) is 6.07 Å². The van der Waals surface area contributed by atoms with Crippen LogP contribution in [0.25, 0.3) is 16.7 Å². The quantitative estimate of drug-likeness (QED) is 0.283. The Hall–Kier alpha value is -3.53. The van der Waals surface area contributed by atoms with E-state index in [1.807, 2.05) is 26.8 Å². The van der Waals surface area contributed by atoms with Gasteiger partial charge in [-0.25, -0.2) is 4.98 Å². The molecule has 198 valence electrons. The first kappa shape index (κ1) is 26.5. The number of fused-ring (bicyclic) bond motifs is 2. The zero-order valence-corrected chi connectivity index (χ0v) is 22.0. The standard InChI is InChI=1S/C27H35N5O5/c1-5-36-27(35)19-9-13-30(14-10-19)25(33)20-16-21-24(31(22(20)28)12-7-15-37-17(2)3)29-23-18(4)8-6-11-32(23)26(21)34/h6,8,11,16-17,19,28H,5,7,9-10,12-15H2,1-4H3. The van der Waals surface area contributed by atoms with E-state index in [0.29, 0.717) is 63.4 Å². The van der Waals surface area contributed by atoms with Crippen LogP contribution in [-0.4, -0.2) is 63.1 Å². The van der Waals surface area contributed by atoms with Crippen molar-refractivity contribution in [2.24, 2.45) is 5.92 Å². The summed E-state index contributed by atoms with van der Waals surface area (Å²) in [4.78, 5) is 45.6. The number of ether oxygens (including phenoxy) is 2. The number of nitrogens with zero attached hydrogens (tertiary/aromatic N) is 4. The lowest BCUT2D eigenvalue weighted by molar-refractivity contribution is -0.149. The van der Waals surface area contributed by atoms with E-state index >= 15 is 0 Å². The Kier molecular flexibility index (Phi) is 8.06. The first-order valence-corrected chi connectivity index (χ1v) is 12.9. The van der Waals surface area contributed by atoms with Gasteiger partial charge in [0.2, 0.25) is 0 Å². The number of hydrogen-bond donors (Lipinski definition) is 1. The van der Waals surface area contributed by atoms with Crippen molar-refractivity contribution in [3.63, 3.8) is 0 Å². The zero-order chi connectivity index (χ0) is 26.7. The first-order chi connectivity index (χ1) is 17.7. The highest BCUT2D eigenvalue weighted by Crippen LogP contribution is 2.21. The third-order valence-corrected chi connectivity index (χ3v) is 6.74. The van der Waals surface area contributed by atoms with Crippen LogP contribution in [0.3, 0.4) is 0 Å². The van der Waals surface area contributed by atoms with E-state index in [0.717, 1.165) is 5.56 Å². The third-order valence-electron chi connectivity index (χ3n) is 6.74. The van der Waals surface area contributed by atoms with Crippen LogP contribution in [0, 0.1) is 18.3 Å². The van der Waals surface area contributed by atoms with Crippen LogP contribution >= 0.6 is 0 Å². The van der Waals surface area contributed by atoms with E-state index in [9.17, 15) is 14.4 Å². The number of carbonyl (C=O) groups excluding carboxylic acids is 2. The second-order valence-electron chi connectivity index (χ2n) is 9.69. The molecule has 10 nitrogen and oxygen atoms in total. The SMILES string of the molecule is CCOC(=O)C1CCN(C(=O)c2cc3c(=O)n4cccc(C)c4nc3n(CCCOC(C)C)c2=N)CC1. The molecule has 0 spiro atoms. The molecule has 1 aliphatic heterocycles. The smallest absolute Gasteiger partial charge is 0.309 e. The average molecular weight is 510 g/mol. The topological polar surface area (TPSA) is 119 Å². The van der Waals surface area contributed by atoms with Crippen molar-refractivity contribution in [3.05, 3.63) is 51.4 Å². The average Bonchev–Trinajstić information content (AvgIpc) is 2.88. The molecule has 4 rings (SSSR count). The van der Waals surface area contributed by atoms with E-state index in [4.69, 9.17) is 19.9 Å². The largest absolute Gasteiger partial charge is 0.466 e. The second-order valence-corrected chi connectivity index (χ2v) is 9.69. The van der Waals surface area contributed by atoms with E-state index in [2.05, 4.69) is 0 Å². The summed E-state index contributed by atoms with van der Waals surface area (Å²) in [5, 5.41) is 9.23. The van der Waals surface area contributed by atoms with Crippen molar-refractivity contribution >= 4 is 28.6 Å². The number of aryl methyl sites for hydroxylation is 2. The molecule has 4 heterocycles. The molecule has 37 heavy (non-hydrogen) atoms. The van der Waals surface area contributed by atoms with E-state index in [1.54, 1.807) is 28.7 Å². The van der Waals surface area contributed by atoms with Crippen LogP contribution in [0.15, 0.2) is 29.2 Å². The fourth-order valence-corrected chi connectivity index (χ4v) is 4.77. The minimum absolute atomic E-state index is 0.0133. The molecule has 1 aliphatic rings. The predicted molar refractivity (Wildman–Crippen MR) is 139 cm³/mol. The fraction of sp³-hybridized carbons (Fsp3) is 0.519. The van der Waals surface area contributed by atoms with Gasteiger partial charge in [0.15, 0.2) is 0 Å². The lowest BCUT2D eigenvalue weighted by Gasteiger charge is -2.31. The van der Waals surface area contributed by atoms with Gasteiger partial charge in [0.05, 0.1) is 29.6 Å². The Bertz CT molecular complexity index is 1430. The number of likely N-dealkylation sites (tertiary alicyclic amines) is 1. The Morgan fingerprint density at radius 2 is 1.95 bits per heavy atom. The molecule has 1 N–H and O–H groups in total.